The molecule has 1 aliphatic rings. The third kappa shape index (κ3) is 3.74. The Balaban J connectivity index is 1.75. The van der Waals surface area contributed by atoms with Crippen LogP contribution in [0, 0.1) is 0 Å². The first-order chi connectivity index (χ1) is 11.6. The van der Waals surface area contributed by atoms with Gasteiger partial charge < -0.3 is 14.7 Å². The zero-order chi connectivity index (χ0) is 17.1. The molecule has 2 unspecified atom stereocenters. The number of halogens is 1. The zero-order valence-electron chi connectivity index (χ0n) is 13.5. The highest BCUT2D eigenvalue weighted by atomic mass is 35.5. The Bertz CT molecular complexity index is 706. The smallest absolute Gasteiger partial charge is 0.255 e. The van der Waals surface area contributed by atoms with Crippen LogP contribution in [0.5, 0.6) is 0 Å². The Morgan fingerprint density at radius 2 is 2.25 bits per heavy atom. The highest BCUT2D eigenvalue weighted by Crippen LogP contribution is 2.33. The maximum atomic E-state index is 12.7. The van der Waals surface area contributed by atoms with E-state index in [-0.39, 0.29) is 18.0 Å². The van der Waals surface area contributed by atoms with Crippen LogP contribution in [0.1, 0.15) is 35.0 Å². The van der Waals surface area contributed by atoms with Crippen LogP contribution in [-0.4, -0.2) is 45.7 Å². The fourth-order valence-electron chi connectivity index (χ4n) is 2.47. The minimum absolute atomic E-state index is 0.0509. The highest BCUT2D eigenvalue weighted by Gasteiger charge is 2.35. The van der Waals surface area contributed by atoms with Crippen molar-refractivity contribution in [1.29, 1.82) is 0 Å². The van der Waals surface area contributed by atoms with E-state index in [4.69, 9.17) is 16.1 Å². The van der Waals surface area contributed by atoms with Gasteiger partial charge in [-0.15, -0.1) is 11.8 Å². The maximum Gasteiger partial charge on any atom is 0.255 e. The van der Waals surface area contributed by atoms with Crippen molar-refractivity contribution < 1.29 is 9.32 Å². The van der Waals surface area contributed by atoms with Crippen molar-refractivity contribution in [2.45, 2.75) is 25.4 Å². The molecule has 1 aromatic carbocycles. The number of nitrogens with one attached hydrogen (secondary N) is 1. The van der Waals surface area contributed by atoms with E-state index >= 15 is 0 Å². The van der Waals surface area contributed by atoms with Crippen molar-refractivity contribution in [3.05, 3.63) is 46.6 Å². The summed E-state index contributed by atoms with van der Waals surface area (Å²) >= 11 is 7.57. The molecule has 1 aliphatic heterocycles. The average molecular weight is 367 g/mol. The lowest BCUT2D eigenvalue weighted by atomic mass is 10.1. The fourth-order valence-corrected chi connectivity index (χ4v) is 3.74. The molecule has 3 rings (SSSR count). The average Bonchev–Trinajstić information content (AvgIpc) is 3.23. The summed E-state index contributed by atoms with van der Waals surface area (Å²) in [5, 5.41) is 7.79. The molecule has 1 amide bonds. The van der Waals surface area contributed by atoms with Crippen LogP contribution in [-0.2, 0) is 6.42 Å². The van der Waals surface area contributed by atoms with Crippen LogP contribution in [0.3, 0.4) is 0 Å². The molecule has 2 atom stereocenters. The summed E-state index contributed by atoms with van der Waals surface area (Å²) in [6, 6.07) is 6.98. The summed E-state index contributed by atoms with van der Waals surface area (Å²) < 4.78 is 5.41. The molecule has 1 aromatic heterocycles. The summed E-state index contributed by atoms with van der Waals surface area (Å²) in [6.45, 7) is 2.05. The third-order valence-electron chi connectivity index (χ3n) is 3.98. The van der Waals surface area contributed by atoms with E-state index in [0.717, 1.165) is 5.75 Å². The number of carbonyl (C=O) groups excluding carboxylic acids is 1. The van der Waals surface area contributed by atoms with Gasteiger partial charge >= 0.3 is 0 Å². The molecule has 0 radical (unpaired) electrons. The Labute approximate surface area is 149 Å². The summed E-state index contributed by atoms with van der Waals surface area (Å²) in [6.07, 6.45) is 0.686. The Hall–Kier alpha value is -1.57. The van der Waals surface area contributed by atoms with Gasteiger partial charge in [-0.05, 0) is 38.2 Å². The molecule has 0 spiro atoms. The number of aromatic nitrogens is 2. The first kappa shape index (κ1) is 17.3. The quantitative estimate of drug-likeness (QED) is 0.877. The van der Waals surface area contributed by atoms with Crippen LogP contribution in [0.15, 0.2) is 28.8 Å². The molecule has 24 heavy (non-hydrogen) atoms. The van der Waals surface area contributed by atoms with Gasteiger partial charge in [0.2, 0.25) is 5.89 Å². The summed E-state index contributed by atoms with van der Waals surface area (Å²) in [5.41, 5.74) is 0.607. The van der Waals surface area contributed by atoms with E-state index in [1.54, 1.807) is 40.9 Å². The van der Waals surface area contributed by atoms with Crippen LogP contribution >= 0.6 is 23.4 Å². The van der Waals surface area contributed by atoms with E-state index in [1.165, 1.54) is 0 Å². The predicted octanol–water partition coefficient (Wildman–Crippen LogP) is 2.76. The summed E-state index contributed by atoms with van der Waals surface area (Å²) in [4.78, 5) is 19.0. The molecule has 1 fully saturated rings. The Morgan fingerprint density at radius 1 is 1.50 bits per heavy atom. The van der Waals surface area contributed by atoms with Crippen LogP contribution in [0.4, 0.5) is 0 Å². The molecule has 0 bridgehead atoms. The molecular formula is C16H19ClN4O2S. The first-order valence-corrected chi connectivity index (χ1v) is 9.25. The van der Waals surface area contributed by atoms with Gasteiger partial charge in [0.25, 0.3) is 5.91 Å². The molecule has 8 heteroatoms. The molecule has 2 aromatic rings. The lowest BCUT2D eigenvalue weighted by Crippen LogP contribution is -2.31. The topological polar surface area (TPSA) is 71.3 Å². The lowest BCUT2D eigenvalue weighted by Gasteiger charge is -2.20. The SMILES string of the molecule is CNC(C)Cc1noc(C2CSCN2C(=O)c2ccc(Cl)cc2)n1. The lowest BCUT2D eigenvalue weighted by molar-refractivity contribution is 0.0722. The summed E-state index contributed by atoms with van der Waals surface area (Å²) in [7, 11) is 1.89. The van der Waals surface area contributed by atoms with Crippen molar-refractivity contribution in [1.82, 2.24) is 20.4 Å². The van der Waals surface area contributed by atoms with E-state index in [0.29, 0.717) is 34.6 Å². The van der Waals surface area contributed by atoms with Crippen LogP contribution < -0.4 is 5.32 Å². The van der Waals surface area contributed by atoms with Gasteiger partial charge in [-0.25, -0.2) is 0 Å². The maximum absolute atomic E-state index is 12.7. The van der Waals surface area contributed by atoms with Crippen molar-refractivity contribution in [3.63, 3.8) is 0 Å². The van der Waals surface area contributed by atoms with E-state index in [2.05, 4.69) is 22.4 Å². The Morgan fingerprint density at radius 3 is 2.96 bits per heavy atom. The standard InChI is InChI=1S/C16H19ClN4O2S/c1-10(18-2)7-14-19-15(23-20-14)13-8-24-9-21(13)16(22)11-3-5-12(17)6-4-11/h3-6,10,13,18H,7-9H2,1-2H3. The van der Waals surface area contributed by atoms with Crippen molar-refractivity contribution >= 4 is 29.3 Å². The molecule has 1 N–H and O–H groups in total. The molecule has 1 saturated heterocycles. The number of hydrogen-bond acceptors (Lipinski definition) is 6. The van der Waals surface area contributed by atoms with Gasteiger partial charge in [0.15, 0.2) is 5.82 Å². The molecule has 128 valence electrons. The first-order valence-electron chi connectivity index (χ1n) is 7.72. The molecule has 6 nitrogen and oxygen atoms in total. The molecule has 2 heterocycles. The second-order valence-corrected chi connectivity index (χ2v) is 7.18. The number of rotatable bonds is 5. The second kappa shape index (κ2) is 7.55. The van der Waals surface area contributed by atoms with E-state index in [1.807, 2.05) is 7.05 Å². The Kier molecular flexibility index (Phi) is 5.43. The predicted molar refractivity (Wildman–Crippen MR) is 94.2 cm³/mol. The largest absolute Gasteiger partial charge is 0.337 e. The number of amides is 1. The van der Waals surface area contributed by atoms with E-state index in [9.17, 15) is 4.79 Å². The number of thioether (sulfide) groups is 1. The van der Waals surface area contributed by atoms with Gasteiger partial charge in [0.1, 0.15) is 6.04 Å². The van der Waals surface area contributed by atoms with Gasteiger partial charge in [-0.2, -0.15) is 4.98 Å². The number of likely N-dealkylation sites (N-methyl/N-ethyl adjacent to an activating group) is 1. The van der Waals surface area contributed by atoms with Gasteiger partial charge in [-0.3, -0.25) is 4.79 Å². The number of benzene rings is 1. The molecular weight excluding hydrogens is 348 g/mol. The minimum Gasteiger partial charge on any atom is -0.337 e. The highest BCUT2D eigenvalue weighted by molar-refractivity contribution is 7.99. The second-order valence-electron chi connectivity index (χ2n) is 5.74. The van der Waals surface area contributed by atoms with Gasteiger partial charge in [-0.1, -0.05) is 16.8 Å². The van der Waals surface area contributed by atoms with Gasteiger partial charge in [0.05, 0.1) is 5.88 Å². The van der Waals surface area contributed by atoms with Crippen molar-refractivity contribution in [3.8, 4) is 0 Å². The van der Waals surface area contributed by atoms with Crippen molar-refractivity contribution in [2.24, 2.45) is 0 Å². The third-order valence-corrected chi connectivity index (χ3v) is 5.25. The van der Waals surface area contributed by atoms with E-state index < -0.39 is 0 Å². The number of hydrogen-bond donors (Lipinski definition) is 1. The normalized spacial score (nSPS) is 18.8. The van der Waals surface area contributed by atoms with Crippen LogP contribution in [0.2, 0.25) is 5.02 Å². The summed E-state index contributed by atoms with van der Waals surface area (Å²) in [5.74, 6) is 2.47. The minimum atomic E-state index is -0.190. The fraction of sp³-hybridized carbons (Fsp3) is 0.438. The van der Waals surface area contributed by atoms with Crippen molar-refractivity contribution in [2.75, 3.05) is 18.7 Å². The van der Waals surface area contributed by atoms with Gasteiger partial charge in [0, 0.05) is 28.8 Å². The van der Waals surface area contributed by atoms with Crippen LogP contribution in [0.25, 0.3) is 0 Å². The number of carbonyl (C=O) groups is 1. The molecule has 0 saturated carbocycles. The molecule has 0 aliphatic carbocycles. The monoisotopic (exact) mass is 366 g/mol. The number of nitrogens with zero attached hydrogens (tertiary/aromatic N) is 3. The zero-order valence-corrected chi connectivity index (χ0v) is 15.1.